The van der Waals surface area contributed by atoms with E-state index in [4.69, 9.17) is 0 Å². The molecular weight excluding hydrogens is 213 g/mol. The van der Waals surface area contributed by atoms with Crippen LogP contribution in [0.2, 0.25) is 0 Å². The van der Waals surface area contributed by atoms with Gasteiger partial charge in [0.05, 0.1) is 0 Å². The van der Waals surface area contributed by atoms with Crippen molar-refractivity contribution in [1.29, 1.82) is 0 Å². The summed E-state index contributed by atoms with van der Waals surface area (Å²) in [6.07, 6.45) is 6.52. The van der Waals surface area contributed by atoms with E-state index in [9.17, 15) is 4.39 Å². The van der Waals surface area contributed by atoms with Crippen molar-refractivity contribution in [3.8, 4) is 0 Å². The fraction of sp³-hybridized carbons (Fsp3) is 0.600. The minimum absolute atomic E-state index is 0.136. The van der Waals surface area contributed by atoms with Crippen molar-refractivity contribution in [2.24, 2.45) is 11.8 Å². The number of benzene rings is 1. The summed E-state index contributed by atoms with van der Waals surface area (Å²) in [6, 6.07) is 7.66. The van der Waals surface area contributed by atoms with Crippen LogP contribution in [-0.2, 0) is 6.42 Å². The molecule has 2 heteroatoms. The van der Waals surface area contributed by atoms with Gasteiger partial charge in [0.15, 0.2) is 0 Å². The number of fused-ring (bicyclic) bond motifs is 1. The van der Waals surface area contributed by atoms with Gasteiger partial charge in [0.25, 0.3) is 0 Å². The van der Waals surface area contributed by atoms with Gasteiger partial charge in [-0.2, -0.15) is 0 Å². The molecule has 0 amide bonds. The van der Waals surface area contributed by atoms with E-state index in [1.165, 1.54) is 37.8 Å². The zero-order valence-corrected chi connectivity index (χ0v) is 10.2. The molecule has 1 aromatic rings. The Morgan fingerprint density at radius 1 is 1.18 bits per heavy atom. The van der Waals surface area contributed by atoms with E-state index in [1.54, 1.807) is 12.1 Å². The largest absolute Gasteiger partial charge is 0.313 e. The van der Waals surface area contributed by atoms with Gasteiger partial charge in [-0.1, -0.05) is 18.6 Å². The molecular formula is C15H20FN. The summed E-state index contributed by atoms with van der Waals surface area (Å²) < 4.78 is 12.8. The van der Waals surface area contributed by atoms with Crippen LogP contribution in [0, 0.1) is 17.7 Å². The number of hydrogen-bond donors (Lipinski definition) is 1. The molecule has 17 heavy (non-hydrogen) atoms. The maximum absolute atomic E-state index is 12.8. The van der Waals surface area contributed by atoms with Crippen LogP contribution in [-0.4, -0.2) is 12.6 Å². The minimum Gasteiger partial charge on any atom is -0.313 e. The predicted molar refractivity (Wildman–Crippen MR) is 67.3 cm³/mol. The number of hydrogen-bond acceptors (Lipinski definition) is 1. The highest BCUT2D eigenvalue weighted by Gasteiger charge is 2.38. The highest BCUT2D eigenvalue weighted by atomic mass is 19.1. The van der Waals surface area contributed by atoms with Gasteiger partial charge in [0.2, 0.25) is 0 Å². The molecule has 1 N–H and O–H groups in total. The Balaban J connectivity index is 1.56. The van der Waals surface area contributed by atoms with E-state index in [2.05, 4.69) is 5.32 Å². The topological polar surface area (TPSA) is 12.0 Å². The molecule has 0 aromatic heterocycles. The number of aryl methyl sites for hydroxylation is 1. The van der Waals surface area contributed by atoms with Gasteiger partial charge in [0, 0.05) is 6.04 Å². The maximum atomic E-state index is 12.8. The zero-order valence-electron chi connectivity index (χ0n) is 10.2. The van der Waals surface area contributed by atoms with Gasteiger partial charge >= 0.3 is 0 Å². The quantitative estimate of drug-likeness (QED) is 0.845. The van der Waals surface area contributed by atoms with Gasteiger partial charge in [-0.3, -0.25) is 0 Å². The second-order valence-electron chi connectivity index (χ2n) is 5.53. The average Bonchev–Trinajstić information content (AvgIpc) is 2.91. The van der Waals surface area contributed by atoms with Crippen LogP contribution in [0.5, 0.6) is 0 Å². The Kier molecular flexibility index (Phi) is 3.15. The Morgan fingerprint density at radius 2 is 2.00 bits per heavy atom. The lowest BCUT2D eigenvalue weighted by Gasteiger charge is -2.18. The van der Waals surface area contributed by atoms with Gasteiger partial charge in [-0.15, -0.1) is 0 Å². The normalized spacial score (nSPS) is 31.7. The lowest BCUT2D eigenvalue weighted by molar-refractivity contribution is 0.393. The summed E-state index contributed by atoms with van der Waals surface area (Å²) in [5, 5.41) is 3.67. The molecule has 1 aliphatic carbocycles. The van der Waals surface area contributed by atoms with Crippen molar-refractivity contribution >= 4 is 0 Å². The monoisotopic (exact) mass is 233 g/mol. The summed E-state index contributed by atoms with van der Waals surface area (Å²) in [7, 11) is 0. The fourth-order valence-corrected chi connectivity index (χ4v) is 3.59. The standard InChI is InChI=1S/C15H20FN/c16-13-7-4-11(5-8-13)6-9-15-14-3-1-2-12(14)10-17-15/h4-5,7-8,12,14-15,17H,1-3,6,9-10H2. The molecule has 1 aromatic carbocycles. The first-order valence-electron chi connectivity index (χ1n) is 6.81. The number of rotatable bonds is 3. The van der Waals surface area contributed by atoms with E-state index in [-0.39, 0.29) is 5.82 Å². The third-order valence-electron chi connectivity index (χ3n) is 4.53. The first-order chi connectivity index (χ1) is 8.33. The third kappa shape index (κ3) is 2.37. The number of halogens is 1. The van der Waals surface area contributed by atoms with Crippen LogP contribution in [0.3, 0.4) is 0 Å². The van der Waals surface area contributed by atoms with Crippen LogP contribution >= 0.6 is 0 Å². The fourth-order valence-electron chi connectivity index (χ4n) is 3.59. The van der Waals surface area contributed by atoms with Crippen molar-refractivity contribution in [3.63, 3.8) is 0 Å². The molecule has 92 valence electrons. The summed E-state index contributed by atoms with van der Waals surface area (Å²) in [5.41, 5.74) is 1.26. The summed E-state index contributed by atoms with van der Waals surface area (Å²) in [5.74, 6) is 1.72. The van der Waals surface area contributed by atoms with Crippen molar-refractivity contribution in [2.45, 2.75) is 38.1 Å². The van der Waals surface area contributed by atoms with Gasteiger partial charge in [-0.05, 0) is 61.8 Å². The molecule has 3 atom stereocenters. The Morgan fingerprint density at radius 3 is 2.82 bits per heavy atom. The van der Waals surface area contributed by atoms with Crippen LogP contribution in [0.15, 0.2) is 24.3 Å². The van der Waals surface area contributed by atoms with Gasteiger partial charge in [-0.25, -0.2) is 4.39 Å². The van der Waals surface area contributed by atoms with Crippen LogP contribution < -0.4 is 5.32 Å². The van der Waals surface area contributed by atoms with Crippen molar-refractivity contribution < 1.29 is 4.39 Å². The second-order valence-corrected chi connectivity index (χ2v) is 5.53. The van der Waals surface area contributed by atoms with Crippen LogP contribution in [0.25, 0.3) is 0 Å². The summed E-state index contributed by atoms with van der Waals surface area (Å²) in [6.45, 7) is 1.22. The summed E-state index contributed by atoms with van der Waals surface area (Å²) >= 11 is 0. The Labute approximate surface area is 102 Å². The smallest absolute Gasteiger partial charge is 0.123 e. The lowest BCUT2D eigenvalue weighted by Crippen LogP contribution is -2.27. The molecule has 1 saturated carbocycles. The van der Waals surface area contributed by atoms with Crippen molar-refractivity contribution in [1.82, 2.24) is 5.32 Å². The highest BCUT2D eigenvalue weighted by molar-refractivity contribution is 5.16. The predicted octanol–water partition coefficient (Wildman–Crippen LogP) is 3.15. The van der Waals surface area contributed by atoms with Crippen LogP contribution in [0.4, 0.5) is 4.39 Å². The molecule has 0 radical (unpaired) electrons. The first kappa shape index (κ1) is 11.2. The average molecular weight is 233 g/mol. The second kappa shape index (κ2) is 4.77. The van der Waals surface area contributed by atoms with E-state index in [1.807, 2.05) is 12.1 Å². The number of nitrogens with one attached hydrogen (secondary N) is 1. The first-order valence-corrected chi connectivity index (χ1v) is 6.81. The van der Waals surface area contributed by atoms with E-state index in [0.717, 1.165) is 18.3 Å². The molecule has 2 fully saturated rings. The lowest BCUT2D eigenvalue weighted by atomic mass is 9.90. The molecule has 3 rings (SSSR count). The Bertz CT molecular complexity index is 373. The zero-order chi connectivity index (χ0) is 11.7. The maximum Gasteiger partial charge on any atom is 0.123 e. The van der Waals surface area contributed by atoms with Gasteiger partial charge < -0.3 is 5.32 Å². The SMILES string of the molecule is Fc1ccc(CCC2NCC3CCCC32)cc1. The highest BCUT2D eigenvalue weighted by Crippen LogP contribution is 2.38. The molecule has 1 saturated heterocycles. The summed E-state index contributed by atoms with van der Waals surface area (Å²) in [4.78, 5) is 0. The molecule has 3 unspecified atom stereocenters. The van der Waals surface area contributed by atoms with Gasteiger partial charge in [0.1, 0.15) is 5.82 Å². The van der Waals surface area contributed by atoms with Crippen molar-refractivity contribution in [2.75, 3.05) is 6.54 Å². The van der Waals surface area contributed by atoms with E-state index >= 15 is 0 Å². The molecule has 1 heterocycles. The van der Waals surface area contributed by atoms with E-state index < -0.39 is 0 Å². The molecule has 1 nitrogen and oxygen atoms in total. The van der Waals surface area contributed by atoms with E-state index in [0.29, 0.717) is 6.04 Å². The molecule has 0 spiro atoms. The molecule has 2 aliphatic rings. The minimum atomic E-state index is -0.136. The molecule has 1 aliphatic heterocycles. The molecule has 0 bridgehead atoms. The van der Waals surface area contributed by atoms with Crippen LogP contribution in [0.1, 0.15) is 31.2 Å². The Hall–Kier alpha value is -0.890. The van der Waals surface area contributed by atoms with Crippen molar-refractivity contribution in [3.05, 3.63) is 35.6 Å². The third-order valence-corrected chi connectivity index (χ3v) is 4.53.